The Hall–Kier alpha value is -3.34. The normalized spacial score (nSPS) is 11.0. The second-order valence-corrected chi connectivity index (χ2v) is 5.95. The molecular formula is C22H20O5. The molecule has 3 aromatic rings. The van der Waals surface area contributed by atoms with Gasteiger partial charge in [0, 0.05) is 17.5 Å². The van der Waals surface area contributed by atoms with E-state index in [1.54, 1.807) is 12.1 Å². The first-order valence-electron chi connectivity index (χ1n) is 8.67. The molecule has 1 heterocycles. The van der Waals surface area contributed by atoms with Crippen molar-refractivity contribution in [3.63, 3.8) is 0 Å². The zero-order chi connectivity index (χ0) is 19.2. The van der Waals surface area contributed by atoms with Crippen LogP contribution in [0.15, 0.2) is 63.8 Å². The van der Waals surface area contributed by atoms with Crippen LogP contribution in [0.4, 0.5) is 0 Å². The van der Waals surface area contributed by atoms with Crippen molar-refractivity contribution < 1.29 is 18.7 Å². The van der Waals surface area contributed by atoms with Gasteiger partial charge in [-0.05, 0) is 43.2 Å². The molecule has 5 nitrogen and oxygen atoms in total. The maximum Gasteiger partial charge on any atom is 0.336 e. The molecule has 1 aromatic heterocycles. The number of rotatable bonds is 6. The number of hydrogen-bond acceptors (Lipinski definition) is 5. The molecule has 2 aromatic carbocycles. The predicted octanol–water partition coefficient (Wildman–Crippen LogP) is 4.26. The molecule has 0 spiro atoms. The smallest absolute Gasteiger partial charge is 0.336 e. The number of benzene rings is 2. The molecule has 0 amide bonds. The highest BCUT2D eigenvalue weighted by Crippen LogP contribution is 2.30. The summed E-state index contributed by atoms with van der Waals surface area (Å²) in [7, 11) is 0. The molecule has 0 unspecified atom stereocenters. The average molecular weight is 364 g/mol. The molecule has 0 N–H and O–H groups in total. The van der Waals surface area contributed by atoms with Crippen molar-refractivity contribution in [3.8, 4) is 5.75 Å². The molecule has 0 aliphatic carbocycles. The lowest BCUT2D eigenvalue weighted by molar-refractivity contribution is -0.138. The van der Waals surface area contributed by atoms with Gasteiger partial charge < -0.3 is 13.9 Å². The molecular weight excluding hydrogens is 344 g/mol. The van der Waals surface area contributed by atoms with E-state index in [1.165, 1.54) is 12.1 Å². The molecule has 0 atom stereocenters. The molecule has 138 valence electrons. The Labute approximate surface area is 156 Å². The first kappa shape index (κ1) is 18.5. The quantitative estimate of drug-likeness (QED) is 0.371. The van der Waals surface area contributed by atoms with Crippen LogP contribution in [-0.2, 0) is 16.1 Å². The number of ether oxygens (including phenoxy) is 2. The van der Waals surface area contributed by atoms with Crippen LogP contribution in [-0.4, -0.2) is 12.6 Å². The molecule has 0 bridgehead atoms. The lowest BCUT2D eigenvalue weighted by Crippen LogP contribution is -2.06. The summed E-state index contributed by atoms with van der Waals surface area (Å²) >= 11 is 0. The van der Waals surface area contributed by atoms with Gasteiger partial charge in [0.05, 0.1) is 12.2 Å². The third-order valence-corrected chi connectivity index (χ3v) is 4.05. The van der Waals surface area contributed by atoms with Gasteiger partial charge in [0.15, 0.2) is 0 Å². The number of carbonyl (C=O) groups excluding carboxylic acids is 1. The number of aryl methyl sites for hydroxylation is 1. The second-order valence-electron chi connectivity index (χ2n) is 5.95. The van der Waals surface area contributed by atoms with Crippen molar-refractivity contribution in [1.29, 1.82) is 0 Å². The van der Waals surface area contributed by atoms with E-state index >= 15 is 0 Å². The predicted molar refractivity (Wildman–Crippen MR) is 104 cm³/mol. The third-order valence-electron chi connectivity index (χ3n) is 4.05. The minimum atomic E-state index is -0.492. The van der Waals surface area contributed by atoms with Crippen LogP contribution < -0.4 is 10.4 Å². The summed E-state index contributed by atoms with van der Waals surface area (Å²) in [5.41, 5.74) is 2.16. The van der Waals surface area contributed by atoms with E-state index in [4.69, 9.17) is 13.9 Å². The Balaban J connectivity index is 1.86. The molecule has 3 rings (SSSR count). The summed E-state index contributed by atoms with van der Waals surface area (Å²) in [5.74, 6) is 0.0342. The number of esters is 1. The van der Waals surface area contributed by atoms with Crippen molar-refractivity contribution in [3.05, 3.63) is 81.7 Å². The van der Waals surface area contributed by atoms with Gasteiger partial charge in [-0.15, -0.1) is 0 Å². The van der Waals surface area contributed by atoms with Crippen LogP contribution in [0.25, 0.3) is 17.0 Å². The summed E-state index contributed by atoms with van der Waals surface area (Å²) < 4.78 is 16.3. The lowest BCUT2D eigenvalue weighted by Gasteiger charge is -2.13. The minimum absolute atomic E-state index is 0.0585. The van der Waals surface area contributed by atoms with Crippen LogP contribution in [0.3, 0.4) is 0 Å². The Kier molecular flexibility index (Phi) is 5.71. The first-order valence-corrected chi connectivity index (χ1v) is 8.67. The van der Waals surface area contributed by atoms with Crippen molar-refractivity contribution in [2.24, 2.45) is 0 Å². The van der Waals surface area contributed by atoms with Gasteiger partial charge >= 0.3 is 11.6 Å². The Morgan fingerprint density at radius 3 is 2.67 bits per heavy atom. The number of fused-ring (bicyclic) bond motifs is 1. The zero-order valence-electron chi connectivity index (χ0n) is 15.2. The maximum absolute atomic E-state index is 12.1. The third kappa shape index (κ3) is 4.44. The largest absolute Gasteiger partial charge is 0.493 e. The fourth-order valence-corrected chi connectivity index (χ4v) is 2.77. The van der Waals surface area contributed by atoms with Gasteiger partial charge in [-0.1, -0.05) is 30.3 Å². The summed E-state index contributed by atoms with van der Waals surface area (Å²) in [6, 6.07) is 14.5. The van der Waals surface area contributed by atoms with Crippen LogP contribution in [0, 0.1) is 6.92 Å². The summed E-state index contributed by atoms with van der Waals surface area (Å²) in [5, 5.41) is 0.781. The van der Waals surface area contributed by atoms with Gasteiger partial charge in [-0.3, -0.25) is 0 Å². The zero-order valence-corrected chi connectivity index (χ0v) is 15.2. The molecule has 0 aliphatic heterocycles. The first-order chi connectivity index (χ1) is 13.1. The van der Waals surface area contributed by atoms with E-state index in [0.29, 0.717) is 23.5 Å². The lowest BCUT2D eigenvalue weighted by atomic mass is 10.1. The van der Waals surface area contributed by atoms with Crippen LogP contribution in [0.1, 0.15) is 23.6 Å². The van der Waals surface area contributed by atoms with Crippen molar-refractivity contribution >= 4 is 23.0 Å². The van der Waals surface area contributed by atoms with Gasteiger partial charge in [-0.2, -0.15) is 0 Å². The van der Waals surface area contributed by atoms with Gasteiger partial charge in [0.2, 0.25) is 0 Å². The summed E-state index contributed by atoms with van der Waals surface area (Å²) in [6.45, 7) is 4.07. The average Bonchev–Trinajstić information content (AvgIpc) is 2.66. The van der Waals surface area contributed by atoms with Crippen molar-refractivity contribution in [2.45, 2.75) is 20.5 Å². The van der Waals surface area contributed by atoms with E-state index in [0.717, 1.165) is 16.5 Å². The number of hydrogen-bond donors (Lipinski definition) is 0. The van der Waals surface area contributed by atoms with Gasteiger partial charge in [0.1, 0.15) is 17.9 Å². The fraction of sp³-hybridized carbons (Fsp3) is 0.182. The van der Waals surface area contributed by atoms with Gasteiger partial charge in [-0.25, -0.2) is 9.59 Å². The van der Waals surface area contributed by atoms with Crippen LogP contribution in [0.5, 0.6) is 5.75 Å². The molecule has 0 fully saturated rings. The Morgan fingerprint density at radius 1 is 1.15 bits per heavy atom. The Bertz CT molecular complexity index is 1030. The van der Waals surface area contributed by atoms with E-state index < -0.39 is 11.6 Å². The molecule has 0 saturated carbocycles. The fourth-order valence-electron chi connectivity index (χ4n) is 2.77. The van der Waals surface area contributed by atoms with Crippen LogP contribution in [0.2, 0.25) is 0 Å². The summed E-state index contributed by atoms with van der Waals surface area (Å²) in [6.07, 6.45) is 3.04. The molecule has 27 heavy (non-hydrogen) atoms. The standard InChI is InChI=1S/C22H20O5/c1-3-25-19-11-10-17-15(2)13-21(24)27-22(17)18(19)14-26-20(23)12-9-16-7-5-4-6-8-16/h4-13H,3,14H2,1-2H3/b12-9+. The monoisotopic (exact) mass is 364 g/mol. The van der Waals surface area contributed by atoms with E-state index in [9.17, 15) is 9.59 Å². The minimum Gasteiger partial charge on any atom is -0.493 e. The van der Waals surface area contributed by atoms with E-state index in [-0.39, 0.29) is 6.61 Å². The van der Waals surface area contributed by atoms with Gasteiger partial charge in [0.25, 0.3) is 0 Å². The summed E-state index contributed by atoms with van der Waals surface area (Å²) in [4.78, 5) is 23.9. The highest BCUT2D eigenvalue weighted by molar-refractivity contribution is 5.88. The topological polar surface area (TPSA) is 65.7 Å². The highest BCUT2D eigenvalue weighted by atomic mass is 16.5. The SMILES string of the molecule is CCOc1ccc2c(C)cc(=O)oc2c1COC(=O)/C=C/c1ccccc1. The maximum atomic E-state index is 12.1. The Morgan fingerprint density at radius 2 is 1.93 bits per heavy atom. The highest BCUT2D eigenvalue weighted by Gasteiger charge is 2.15. The van der Waals surface area contributed by atoms with Crippen molar-refractivity contribution in [2.75, 3.05) is 6.61 Å². The second kappa shape index (κ2) is 8.36. The molecule has 5 heteroatoms. The van der Waals surface area contributed by atoms with E-state index in [2.05, 4.69) is 0 Å². The number of carbonyl (C=O) groups is 1. The van der Waals surface area contributed by atoms with E-state index in [1.807, 2.05) is 50.2 Å². The van der Waals surface area contributed by atoms with Crippen molar-refractivity contribution in [1.82, 2.24) is 0 Å². The molecule has 0 aliphatic rings. The van der Waals surface area contributed by atoms with Crippen LogP contribution >= 0.6 is 0 Å². The molecule has 0 saturated heterocycles. The molecule has 0 radical (unpaired) electrons.